The van der Waals surface area contributed by atoms with E-state index >= 15 is 0 Å². The second kappa shape index (κ2) is 9.00. The summed E-state index contributed by atoms with van der Waals surface area (Å²) in [6.07, 6.45) is 0. The SMILES string of the molecule is COc1ccc(OC)c(NC(=O)CSc2ccc3nnc(-c4cccc(F)c4)n3n2)c1. The first kappa shape index (κ1) is 20.6. The van der Waals surface area contributed by atoms with Crippen molar-refractivity contribution in [3.05, 3.63) is 60.4 Å². The molecule has 0 aliphatic carbocycles. The molecule has 1 amide bonds. The Morgan fingerprint density at radius 1 is 1.10 bits per heavy atom. The molecule has 4 aromatic rings. The molecule has 31 heavy (non-hydrogen) atoms. The molecule has 0 fully saturated rings. The summed E-state index contributed by atoms with van der Waals surface area (Å²) in [4.78, 5) is 12.5. The van der Waals surface area contributed by atoms with Crippen molar-refractivity contribution in [3.8, 4) is 22.9 Å². The van der Waals surface area contributed by atoms with Crippen LogP contribution < -0.4 is 14.8 Å². The third kappa shape index (κ3) is 4.58. The second-order valence-corrected chi connectivity index (χ2v) is 7.37. The van der Waals surface area contributed by atoms with Crippen molar-refractivity contribution in [2.45, 2.75) is 5.03 Å². The predicted molar refractivity (Wildman–Crippen MR) is 115 cm³/mol. The Balaban J connectivity index is 1.49. The van der Waals surface area contributed by atoms with E-state index in [1.807, 2.05) is 0 Å². The minimum atomic E-state index is -0.371. The number of aromatic nitrogens is 4. The number of benzene rings is 2. The van der Waals surface area contributed by atoms with Crippen LogP contribution in [0, 0.1) is 5.82 Å². The normalized spacial score (nSPS) is 10.8. The molecule has 0 unspecified atom stereocenters. The van der Waals surface area contributed by atoms with Gasteiger partial charge in [0.15, 0.2) is 11.5 Å². The summed E-state index contributed by atoms with van der Waals surface area (Å²) in [7, 11) is 3.08. The van der Waals surface area contributed by atoms with Crippen LogP contribution in [0.15, 0.2) is 59.6 Å². The summed E-state index contributed by atoms with van der Waals surface area (Å²) in [6.45, 7) is 0. The highest BCUT2D eigenvalue weighted by Gasteiger charge is 2.13. The first-order chi connectivity index (χ1) is 15.1. The highest BCUT2D eigenvalue weighted by molar-refractivity contribution is 7.99. The highest BCUT2D eigenvalue weighted by Crippen LogP contribution is 2.29. The van der Waals surface area contributed by atoms with Crippen LogP contribution in [0.1, 0.15) is 0 Å². The predicted octanol–water partition coefficient (Wildman–Crippen LogP) is 3.68. The van der Waals surface area contributed by atoms with Crippen LogP contribution in [-0.2, 0) is 4.79 Å². The molecule has 0 bridgehead atoms. The Morgan fingerprint density at radius 3 is 2.74 bits per heavy atom. The number of hydrogen-bond donors (Lipinski definition) is 1. The molecule has 0 spiro atoms. The van der Waals surface area contributed by atoms with Crippen molar-refractivity contribution in [1.82, 2.24) is 19.8 Å². The molecule has 1 N–H and O–H groups in total. The summed E-state index contributed by atoms with van der Waals surface area (Å²) >= 11 is 1.25. The number of nitrogens with zero attached hydrogens (tertiary/aromatic N) is 4. The molecule has 10 heteroatoms. The zero-order chi connectivity index (χ0) is 21.8. The lowest BCUT2D eigenvalue weighted by Gasteiger charge is -2.11. The van der Waals surface area contributed by atoms with Crippen LogP contribution in [0.5, 0.6) is 11.5 Å². The van der Waals surface area contributed by atoms with Gasteiger partial charge in [-0.15, -0.1) is 10.2 Å². The third-order valence-corrected chi connectivity index (χ3v) is 5.27. The van der Waals surface area contributed by atoms with E-state index in [2.05, 4.69) is 20.6 Å². The lowest BCUT2D eigenvalue weighted by Crippen LogP contribution is -2.15. The number of amides is 1. The number of fused-ring (bicyclic) bond motifs is 1. The number of carbonyl (C=O) groups excluding carboxylic acids is 1. The molecular weight excluding hydrogens is 421 g/mol. The number of anilines is 1. The molecule has 0 radical (unpaired) electrons. The first-order valence-corrected chi connectivity index (χ1v) is 10.2. The van der Waals surface area contributed by atoms with Gasteiger partial charge in [-0.05, 0) is 36.4 Å². The van der Waals surface area contributed by atoms with E-state index in [4.69, 9.17) is 9.47 Å². The number of methoxy groups -OCH3 is 2. The van der Waals surface area contributed by atoms with Crippen LogP contribution in [-0.4, -0.2) is 45.7 Å². The maximum atomic E-state index is 13.6. The molecule has 2 aromatic carbocycles. The number of hydrogen-bond acceptors (Lipinski definition) is 7. The Labute approximate surface area is 181 Å². The van der Waals surface area contributed by atoms with Crippen molar-refractivity contribution in [1.29, 1.82) is 0 Å². The fraction of sp³-hybridized carbons (Fsp3) is 0.143. The van der Waals surface area contributed by atoms with Gasteiger partial charge in [0.1, 0.15) is 22.3 Å². The van der Waals surface area contributed by atoms with Crippen LogP contribution >= 0.6 is 11.8 Å². The average Bonchev–Trinajstić information content (AvgIpc) is 3.21. The van der Waals surface area contributed by atoms with Crippen LogP contribution in [0.2, 0.25) is 0 Å². The summed E-state index contributed by atoms with van der Waals surface area (Å²) in [5.41, 5.74) is 1.60. The highest BCUT2D eigenvalue weighted by atomic mass is 32.2. The largest absolute Gasteiger partial charge is 0.497 e. The Bertz CT molecular complexity index is 1250. The lowest BCUT2D eigenvalue weighted by molar-refractivity contribution is -0.113. The first-order valence-electron chi connectivity index (χ1n) is 9.20. The maximum Gasteiger partial charge on any atom is 0.234 e. The Kier molecular flexibility index (Phi) is 5.99. The summed E-state index contributed by atoms with van der Waals surface area (Å²) < 4.78 is 25.6. The topological polar surface area (TPSA) is 90.6 Å². The third-order valence-electron chi connectivity index (χ3n) is 4.35. The van der Waals surface area contributed by atoms with Gasteiger partial charge >= 0.3 is 0 Å². The number of ether oxygens (including phenoxy) is 2. The molecular formula is C21H18FN5O3S. The minimum absolute atomic E-state index is 0.121. The van der Waals surface area contributed by atoms with Gasteiger partial charge in [-0.25, -0.2) is 4.39 Å². The van der Waals surface area contributed by atoms with Crippen LogP contribution in [0.25, 0.3) is 17.0 Å². The minimum Gasteiger partial charge on any atom is -0.497 e. The van der Waals surface area contributed by atoms with Gasteiger partial charge in [-0.2, -0.15) is 9.61 Å². The number of thioether (sulfide) groups is 1. The van der Waals surface area contributed by atoms with Gasteiger partial charge in [0.2, 0.25) is 5.91 Å². The standard InChI is InChI=1S/C21H18FN5O3S/c1-29-15-6-7-17(30-2)16(11-15)23-19(28)12-31-20-9-8-18-24-25-21(27(18)26-20)13-4-3-5-14(22)10-13/h3-11H,12H2,1-2H3,(H,23,28). The Morgan fingerprint density at radius 2 is 1.97 bits per heavy atom. The molecule has 0 aliphatic heterocycles. The molecule has 8 nitrogen and oxygen atoms in total. The van der Waals surface area contributed by atoms with Gasteiger partial charge in [0, 0.05) is 11.6 Å². The fourth-order valence-electron chi connectivity index (χ4n) is 2.89. The van der Waals surface area contributed by atoms with E-state index in [1.54, 1.807) is 49.6 Å². The van der Waals surface area contributed by atoms with Gasteiger partial charge in [0.25, 0.3) is 0 Å². The second-order valence-electron chi connectivity index (χ2n) is 6.38. The smallest absolute Gasteiger partial charge is 0.234 e. The quantitative estimate of drug-likeness (QED) is 0.439. The van der Waals surface area contributed by atoms with E-state index < -0.39 is 0 Å². The molecule has 0 atom stereocenters. The molecule has 4 rings (SSSR count). The molecule has 2 aromatic heterocycles. The molecule has 2 heterocycles. The van der Waals surface area contributed by atoms with E-state index in [0.29, 0.717) is 39.2 Å². The Hall–Kier alpha value is -3.66. The molecule has 0 saturated carbocycles. The fourth-order valence-corrected chi connectivity index (χ4v) is 3.55. The van der Waals surface area contributed by atoms with Gasteiger partial charge in [-0.3, -0.25) is 4.79 Å². The van der Waals surface area contributed by atoms with Gasteiger partial charge < -0.3 is 14.8 Å². The zero-order valence-corrected chi connectivity index (χ0v) is 17.5. The van der Waals surface area contributed by atoms with E-state index in [1.165, 1.54) is 35.5 Å². The number of nitrogens with one attached hydrogen (secondary N) is 1. The van der Waals surface area contributed by atoms with E-state index in [-0.39, 0.29) is 17.5 Å². The monoisotopic (exact) mass is 439 g/mol. The molecule has 0 saturated heterocycles. The van der Waals surface area contributed by atoms with E-state index in [9.17, 15) is 9.18 Å². The summed E-state index contributed by atoms with van der Waals surface area (Å²) in [5.74, 6) is 1.08. The van der Waals surface area contributed by atoms with Crippen molar-refractivity contribution in [2.75, 3.05) is 25.3 Å². The molecule has 0 aliphatic rings. The van der Waals surface area contributed by atoms with Crippen LogP contribution in [0.4, 0.5) is 10.1 Å². The van der Waals surface area contributed by atoms with Crippen molar-refractivity contribution < 1.29 is 18.7 Å². The van der Waals surface area contributed by atoms with E-state index in [0.717, 1.165) is 0 Å². The van der Waals surface area contributed by atoms with Crippen molar-refractivity contribution in [2.24, 2.45) is 0 Å². The van der Waals surface area contributed by atoms with Gasteiger partial charge in [-0.1, -0.05) is 23.9 Å². The summed E-state index contributed by atoms with van der Waals surface area (Å²) in [5, 5.41) is 16.1. The van der Waals surface area contributed by atoms with Crippen molar-refractivity contribution in [3.63, 3.8) is 0 Å². The zero-order valence-electron chi connectivity index (χ0n) is 16.7. The maximum absolute atomic E-state index is 13.6. The summed E-state index contributed by atoms with van der Waals surface area (Å²) in [6, 6.07) is 14.7. The van der Waals surface area contributed by atoms with Crippen molar-refractivity contribution >= 4 is 29.0 Å². The lowest BCUT2D eigenvalue weighted by atomic mass is 10.2. The number of carbonyl (C=O) groups is 1. The number of rotatable bonds is 7. The number of halogens is 1. The van der Waals surface area contributed by atoms with Gasteiger partial charge in [0.05, 0.1) is 25.7 Å². The average molecular weight is 439 g/mol. The molecule has 158 valence electrons. The van der Waals surface area contributed by atoms with Crippen LogP contribution in [0.3, 0.4) is 0 Å².